The third kappa shape index (κ3) is 4.43. The molecule has 2 atom stereocenters. The Morgan fingerprint density at radius 3 is 2.89 bits per heavy atom. The number of ether oxygens (including phenoxy) is 2. The van der Waals surface area contributed by atoms with Crippen molar-refractivity contribution in [1.82, 2.24) is 20.2 Å². The van der Waals surface area contributed by atoms with Crippen molar-refractivity contribution in [3.63, 3.8) is 0 Å². The van der Waals surface area contributed by atoms with Crippen LogP contribution >= 0.6 is 0 Å². The molecule has 0 saturated carbocycles. The topological polar surface area (TPSA) is 96.5 Å². The third-order valence-electron chi connectivity index (χ3n) is 6.43. The summed E-state index contributed by atoms with van der Waals surface area (Å²) in [6.07, 6.45) is -0.923. The van der Waals surface area contributed by atoms with Gasteiger partial charge in [-0.3, -0.25) is 14.5 Å². The Hall–Kier alpha value is -3.60. The van der Waals surface area contributed by atoms with Crippen LogP contribution in [-0.2, 0) is 13.0 Å². The summed E-state index contributed by atoms with van der Waals surface area (Å²) in [5, 5.41) is 2.66. The average Bonchev–Trinajstić information content (AvgIpc) is 3.35. The van der Waals surface area contributed by atoms with E-state index in [1.165, 1.54) is 12.3 Å². The molecule has 4 heterocycles. The van der Waals surface area contributed by atoms with E-state index in [0.717, 1.165) is 0 Å². The molecule has 0 radical (unpaired) electrons. The fourth-order valence-corrected chi connectivity index (χ4v) is 4.38. The lowest BCUT2D eigenvalue weighted by molar-refractivity contribution is -0.0419. The van der Waals surface area contributed by atoms with Crippen LogP contribution in [0.5, 0.6) is 11.5 Å². The highest BCUT2D eigenvalue weighted by molar-refractivity contribution is 5.92. The van der Waals surface area contributed by atoms with Crippen LogP contribution in [0.15, 0.2) is 35.3 Å². The van der Waals surface area contributed by atoms with Crippen molar-refractivity contribution in [2.75, 3.05) is 19.7 Å². The number of halogens is 3. The standard InChI is InChI=1S/C24H23F3N4O4/c1-12-18(35-14-3-5-17(28-8-14)24(33)29-9-19(25)26)11-31(12)10-13-2-4-15-21(20(13)27)30-23(32)16-6-7-34-22(15)16/h2-5,8,12,18-19H,6-7,9-11H2,1H3,(H,29,33)(H,30,32)/t12-,18+/m1/s1. The quantitative estimate of drug-likeness (QED) is 0.531. The fraction of sp³-hybridized carbons (Fsp3) is 0.375. The van der Waals surface area contributed by atoms with Crippen molar-refractivity contribution in [3.05, 3.63) is 63.5 Å². The normalized spacial score (nSPS) is 19.3. The Labute approximate surface area is 198 Å². The molecule has 5 rings (SSSR count). The highest BCUT2D eigenvalue weighted by Gasteiger charge is 2.37. The van der Waals surface area contributed by atoms with Gasteiger partial charge >= 0.3 is 0 Å². The van der Waals surface area contributed by atoms with E-state index in [4.69, 9.17) is 9.47 Å². The van der Waals surface area contributed by atoms with E-state index in [0.29, 0.717) is 54.1 Å². The van der Waals surface area contributed by atoms with Crippen molar-refractivity contribution >= 4 is 16.8 Å². The number of carbonyl (C=O) groups excluding carboxylic acids is 1. The highest BCUT2D eigenvalue weighted by Crippen LogP contribution is 2.34. The number of alkyl halides is 2. The van der Waals surface area contributed by atoms with Crippen LogP contribution < -0.4 is 20.3 Å². The summed E-state index contributed by atoms with van der Waals surface area (Å²) in [5.74, 6) is -0.254. The van der Waals surface area contributed by atoms with Crippen LogP contribution in [0.3, 0.4) is 0 Å². The number of aromatic nitrogens is 2. The summed E-state index contributed by atoms with van der Waals surface area (Å²) in [7, 11) is 0. The number of carbonyl (C=O) groups is 1. The number of nitrogens with one attached hydrogen (secondary N) is 2. The Balaban J connectivity index is 1.21. The number of H-pyrrole nitrogens is 1. The van der Waals surface area contributed by atoms with Crippen LogP contribution in [0.4, 0.5) is 13.2 Å². The van der Waals surface area contributed by atoms with Gasteiger partial charge in [0.25, 0.3) is 17.9 Å². The van der Waals surface area contributed by atoms with Crippen LogP contribution in [0, 0.1) is 5.82 Å². The summed E-state index contributed by atoms with van der Waals surface area (Å²) in [4.78, 5) is 32.7. The molecule has 0 spiro atoms. The minimum absolute atomic E-state index is 0.0159. The second-order valence-corrected chi connectivity index (χ2v) is 8.63. The number of likely N-dealkylation sites (tertiary alicyclic amines) is 1. The van der Waals surface area contributed by atoms with Gasteiger partial charge < -0.3 is 19.8 Å². The first-order chi connectivity index (χ1) is 16.8. The van der Waals surface area contributed by atoms with Crippen molar-refractivity contribution in [1.29, 1.82) is 0 Å². The molecule has 1 fully saturated rings. The van der Waals surface area contributed by atoms with E-state index in [1.54, 1.807) is 18.2 Å². The van der Waals surface area contributed by atoms with Crippen molar-refractivity contribution in [2.45, 2.75) is 38.5 Å². The Kier molecular flexibility index (Phi) is 6.10. The van der Waals surface area contributed by atoms with Crippen LogP contribution in [0.1, 0.15) is 28.5 Å². The summed E-state index contributed by atoms with van der Waals surface area (Å²) in [6, 6.07) is 6.42. The number of pyridine rings is 2. The SMILES string of the molecule is C[C@@H]1[C@@H](Oc2ccc(C(=O)NCC(F)F)nc2)CN1Cc1ccc2c3c(c(=O)[nH]c2c1F)CCO3. The van der Waals surface area contributed by atoms with Gasteiger partial charge in [0.15, 0.2) is 5.82 Å². The molecule has 2 aromatic heterocycles. The number of rotatable bonds is 7. The molecule has 0 unspecified atom stereocenters. The van der Waals surface area contributed by atoms with Gasteiger partial charge in [0, 0.05) is 36.5 Å². The van der Waals surface area contributed by atoms with E-state index in [9.17, 15) is 18.4 Å². The van der Waals surface area contributed by atoms with Gasteiger partial charge in [0.2, 0.25) is 0 Å². The van der Waals surface area contributed by atoms with Gasteiger partial charge in [0.1, 0.15) is 23.3 Å². The van der Waals surface area contributed by atoms with E-state index in [-0.39, 0.29) is 28.9 Å². The largest absolute Gasteiger partial charge is 0.492 e. The molecule has 2 aliphatic rings. The Morgan fingerprint density at radius 1 is 1.34 bits per heavy atom. The molecule has 1 amide bonds. The predicted molar refractivity (Wildman–Crippen MR) is 121 cm³/mol. The zero-order chi connectivity index (χ0) is 24.7. The van der Waals surface area contributed by atoms with Crippen LogP contribution in [0.25, 0.3) is 10.9 Å². The maximum atomic E-state index is 15.2. The first-order valence-electron chi connectivity index (χ1n) is 11.2. The lowest BCUT2D eigenvalue weighted by Gasteiger charge is -2.45. The summed E-state index contributed by atoms with van der Waals surface area (Å²) < 4.78 is 51.2. The number of fused-ring (bicyclic) bond motifs is 3. The number of benzene rings is 1. The monoisotopic (exact) mass is 488 g/mol. The molecule has 2 aliphatic heterocycles. The Morgan fingerprint density at radius 2 is 2.17 bits per heavy atom. The maximum absolute atomic E-state index is 15.2. The first-order valence-corrected chi connectivity index (χ1v) is 11.2. The Bertz CT molecular complexity index is 1330. The molecule has 1 saturated heterocycles. The van der Waals surface area contributed by atoms with E-state index in [1.807, 2.05) is 11.8 Å². The van der Waals surface area contributed by atoms with E-state index < -0.39 is 24.7 Å². The number of amides is 1. The van der Waals surface area contributed by atoms with Crippen molar-refractivity contribution < 1.29 is 27.4 Å². The second kappa shape index (κ2) is 9.21. The molecule has 8 nitrogen and oxygen atoms in total. The molecule has 0 aliphatic carbocycles. The predicted octanol–water partition coefficient (Wildman–Crippen LogP) is 2.64. The zero-order valence-corrected chi connectivity index (χ0v) is 18.8. The van der Waals surface area contributed by atoms with Crippen LogP contribution in [0.2, 0.25) is 0 Å². The molecule has 3 aromatic rings. The van der Waals surface area contributed by atoms with Gasteiger partial charge in [0.05, 0.1) is 30.4 Å². The lowest BCUT2D eigenvalue weighted by Crippen LogP contribution is -2.60. The first kappa shape index (κ1) is 23.2. The average molecular weight is 488 g/mol. The number of aromatic amines is 1. The molecule has 184 valence electrons. The molecule has 1 aromatic carbocycles. The molecule has 2 N–H and O–H groups in total. The molecular weight excluding hydrogens is 465 g/mol. The van der Waals surface area contributed by atoms with Crippen molar-refractivity contribution in [2.24, 2.45) is 0 Å². The van der Waals surface area contributed by atoms with E-state index >= 15 is 4.39 Å². The number of nitrogens with zero attached hydrogens (tertiary/aromatic N) is 2. The summed E-state index contributed by atoms with van der Waals surface area (Å²) in [6.45, 7) is 2.51. The smallest absolute Gasteiger partial charge is 0.270 e. The second-order valence-electron chi connectivity index (χ2n) is 8.63. The van der Waals surface area contributed by atoms with Gasteiger partial charge in [-0.15, -0.1) is 0 Å². The lowest BCUT2D eigenvalue weighted by atomic mass is 9.99. The summed E-state index contributed by atoms with van der Waals surface area (Å²) >= 11 is 0. The molecule has 0 bridgehead atoms. The summed E-state index contributed by atoms with van der Waals surface area (Å²) in [5.41, 5.74) is 0.854. The maximum Gasteiger partial charge on any atom is 0.270 e. The van der Waals surface area contributed by atoms with Crippen molar-refractivity contribution in [3.8, 4) is 11.5 Å². The molecular formula is C24H23F3N4O4. The third-order valence-corrected chi connectivity index (χ3v) is 6.43. The fourth-order valence-electron chi connectivity index (χ4n) is 4.38. The zero-order valence-electron chi connectivity index (χ0n) is 18.8. The van der Waals surface area contributed by atoms with Gasteiger partial charge in [-0.1, -0.05) is 6.07 Å². The number of hydrogen-bond donors (Lipinski definition) is 2. The number of hydrogen-bond acceptors (Lipinski definition) is 6. The van der Waals surface area contributed by atoms with Gasteiger partial charge in [-0.25, -0.2) is 18.2 Å². The van der Waals surface area contributed by atoms with E-state index in [2.05, 4.69) is 15.3 Å². The molecule has 35 heavy (non-hydrogen) atoms. The van der Waals surface area contributed by atoms with Crippen LogP contribution in [-0.4, -0.2) is 59.0 Å². The van der Waals surface area contributed by atoms with Gasteiger partial charge in [-0.2, -0.15) is 0 Å². The minimum Gasteiger partial charge on any atom is -0.492 e. The highest BCUT2D eigenvalue weighted by atomic mass is 19.3. The molecule has 11 heteroatoms. The van der Waals surface area contributed by atoms with Gasteiger partial charge in [-0.05, 0) is 25.1 Å². The minimum atomic E-state index is -2.63.